The number of likely N-dealkylation sites (tertiary alicyclic amines) is 2. The smallest absolute Gasteiger partial charge is 0.254 e. The number of ether oxygens (including phenoxy) is 1. The highest BCUT2D eigenvalue weighted by atomic mass is 16.5. The van der Waals surface area contributed by atoms with E-state index >= 15 is 0 Å². The Morgan fingerprint density at radius 3 is 2.10 bits per heavy atom. The molecule has 2 aromatic rings. The summed E-state index contributed by atoms with van der Waals surface area (Å²) in [6, 6.07) is 12.4. The van der Waals surface area contributed by atoms with Gasteiger partial charge in [-0.3, -0.25) is 9.59 Å². The van der Waals surface area contributed by atoms with Gasteiger partial charge in [-0.25, -0.2) is 0 Å². The van der Waals surface area contributed by atoms with Crippen LogP contribution in [0.5, 0.6) is 0 Å². The van der Waals surface area contributed by atoms with Crippen LogP contribution in [0.2, 0.25) is 0 Å². The number of rotatable bonds is 5. The number of carbonyl (C=O) groups is 2. The normalized spacial score (nSPS) is 22.2. The molecule has 2 aliphatic heterocycles. The van der Waals surface area contributed by atoms with Crippen molar-refractivity contribution < 1.29 is 14.3 Å². The molecule has 2 atom stereocenters. The van der Waals surface area contributed by atoms with Crippen LogP contribution in [0.15, 0.2) is 36.4 Å². The first-order valence-electron chi connectivity index (χ1n) is 11.2. The molecule has 2 amide bonds. The summed E-state index contributed by atoms with van der Waals surface area (Å²) in [7, 11) is 1.62. The third-order valence-electron chi connectivity index (χ3n) is 6.89. The summed E-state index contributed by atoms with van der Waals surface area (Å²) >= 11 is 0. The van der Waals surface area contributed by atoms with E-state index in [1.165, 1.54) is 11.4 Å². The summed E-state index contributed by atoms with van der Waals surface area (Å²) in [5, 5.41) is 0. The van der Waals surface area contributed by atoms with Gasteiger partial charge in [-0.1, -0.05) is 0 Å². The average molecular weight is 424 g/mol. The predicted molar refractivity (Wildman–Crippen MR) is 120 cm³/mol. The molecule has 0 saturated carbocycles. The maximum atomic E-state index is 13.1. The second kappa shape index (κ2) is 8.50. The van der Waals surface area contributed by atoms with Gasteiger partial charge in [0.15, 0.2) is 6.10 Å². The Morgan fingerprint density at radius 2 is 1.58 bits per heavy atom. The van der Waals surface area contributed by atoms with Gasteiger partial charge in [-0.2, -0.15) is 0 Å². The molecule has 2 saturated heterocycles. The van der Waals surface area contributed by atoms with Crippen LogP contribution in [0.25, 0.3) is 5.69 Å². The zero-order chi connectivity index (χ0) is 22.3. The molecular weight excluding hydrogens is 390 g/mol. The first kappa shape index (κ1) is 21.6. The Labute approximate surface area is 184 Å². The summed E-state index contributed by atoms with van der Waals surface area (Å²) < 4.78 is 7.66. The van der Waals surface area contributed by atoms with E-state index in [0.29, 0.717) is 19.0 Å². The van der Waals surface area contributed by atoms with Crippen LogP contribution in [0, 0.1) is 19.8 Å². The van der Waals surface area contributed by atoms with Crippen molar-refractivity contribution in [1.29, 1.82) is 0 Å². The number of nitrogens with zero attached hydrogens (tertiary/aromatic N) is 3. The second-order valence-corrected chi connectivity index (χ2v) is 9.11. The van der Waals surface area contributed by atoms with Gasteiger partial charge in [0.25, 0.3) is 11.8 Å². The molecule has 6 nitrogen and oxygen atoms in total. The summed E-state index contributed by atoms with van der Waals surface area (Å²) in [5.41, 5.74) is 4.15. The van der Waals surface area contributed by atoms with Gasteiger partial charge < -0.3 is 19.1 Å². The molecule has 0 N–H and O–H groups in total. The second-order valence-electron chi connectivity index (χ2n) is 9.11. The first-order chi connectivity index (χ1) is 14.8. The lowest BCUT2D eigenvalue weighted by molar-refractivity contribution is -0.181. The molecule has 1 aromatic carbocycles. The maximum Gasteiger partial charge on any atom is 0.254 e. The van der Waals surface area contributed by atoms with E-state index in [4.69, 9.17) is 4.74 Å². The number of hydrogen-bond donors (Lipinski definition) is 0. The Hall–Kier alpha value is -2.60. The van der Waals surface area contributed by atoms with E-state index < -0.39 is 0 Å². The van der Waals surface area contributed by atoms with Crippen LogP contribution in [-0.2, 0) is 9.53 Å². The molecule has 3 heterocycles. The molecule has 1 aromatic heterocycles. The highest BCUT2D eigenvalue weighted by Gasteiger charge is 2.52. The largest absolute Gasteiger partial charge is 0.369 e. The first-order valence-corrected chi connectivity index (χ1v) is 11.2. The number of amides is 2. The standard InChI is InChI=1S/C25H33N3O3/c1-16(2)27-22(23(31-5)25(27)30)19-12-14-26(15-13-19)24(29)20-8-10-21(11-9-20)28-17(3)6-7-18(28)4/h6-11,16,19,22-23H,12-15H2,1-5H3/t22-,23+/m0/s1. The van der Waals surface area contributed by atoms with Gasteiger partial charge >= 0.3 is 0 Å². The van der Waals surface area contributed by atoms with Crippen LogP contribution >= 0.6 is 0 Å². The number of benzene rings is 1. The minimum absolute atomic E-state index is 0.0830. The number of carbonyl (C=O) groups excluding carboxylic acids is 2. The fourth-order valence-corrected chi connectivity index (χ4v) is 5.27. The van der Waals surface area contributed by atoms with E-state index in [-0.39, 0.29) is 30.0 Å². The highest BCUT2D eigenvalue weighted by Crippen LogP contribution is 2.36. The summed E-state index contributed by atoms with van der Waals surface area (Å²) in [4.78, 5) is 29.3. The van der Waals surface area contributed by atoms with Gasteiger partial charge in [0.05, 0.1) is 6.04 Å². The van der Waals surface area contributed by atoms with E-state index in [9.17, 15) is 9.59 Å². The fourth-order valence-electron chi connectivity index (χ4n) is 5.27. The van der Waals surface area contributed by atoms with Crippen molar-refractivity contribution in [2.75, 3.05) is 20.2 Å². The number of aryl methyl sites for hydroxylation is 2. The molecule has 6 heteroatoms. The summed E-state index contributed by atoms with van der Waals surface area (Å²) in [5.74, 6) is 0.546. The maximum absolute atomic E-state index is 13.1. The number of methoxy groups -OCH3 is 1. The lowest BCUT2D eigenvalue weighted by Gasteiger charge is -2.53. The van der Waals surface area contributed by atoms with Gasteiger partial charge in [-0.15, -0.1) is 0 Å². The van der Waals surface area contributed by atoms with Crippen LogP contribution in [0.4, 0.5) is 0 Å². The molecule has 31 heavy (non-hydrogen) atoms. The zero-order valence-corrected chi connectivity index (χ0v) is 19.2. The van der Waals surface area contributed by atoms with Crippen LogP contribution < -0.4 is 0 Å². The molecule has 2 fully saturated rings. The molecule has 0 unspecified atom stereocenters. The lowest BCUT2D eigenvalue weighted by atomic mass is 9.79. The zero-order valence-electron chi connectivity index (χ0n) is 19.2. The van der Waals surface area contributed by atoms with Gasteiger partial charge in [0, 0.05) is 48.9 Å². The van der Waals surface area contributed by atoms with E-state index in [2.05, 4.69) is 44.4 Å². The Bertz CT molecular complexity index is 935. The van der Waals surface area contributed by atoms with Crippen LogP contribution in [-0.4, -0.2) is 64.6 Å². The lowest BCUT2D eigenvalue weighted by Crippen LogP contribution is -2.70. The van der Waals surface area contributed by atoms with Crippen molar-refractivity contribution >= 4 is 11.8 Å². The van der Waals surface area contributed by atoms with Gasteiger partial charge in [0.2, 0.25) is 0 Å². The van der Waals surface area contributed by atoms with Crippen LogP contribution in [0.3, 0.4) is 0 Å². The quantitative estimate of drug-likeness (QED) is 0.691. The van der Waals surface area contributed by atoms with E-state index in [1.807, 2.05) is 34.1 Å². The predicted octanol–water partition coefficient (Wildman–Crippen LogP) is 3.58. The molecule has 0 bridgehead atoms. The Kier molecular flexibility index (Phi) is 5.93. The number of piperidine rings is 1. The number of aromatic nitrogens is 1. The van der Waals surface area contributed by atoms with E-state index in [1.54, 1.807) is 7.11 Å². The SMILES string of the molecule is CO[C@H]1C(=O)N(C(C)C)[C@H]1C1CCN(C(=O)c2ccc(-n3c(C)ccc3C)cc2)CC1. The van der Waals surface area contributed by atoms with Crippen molar-refractivity contribution in [1.82, 2.24) is 14.4 Å². The Morgan fingerprint density at radius 1 is 1.00 bits per heavy atom. The van der Waals surface area contributed by atoms with Crippen molar-refractivity contribution in [3.63, 3.8) is 0 Å². The molecule has 2 aliphatic rings. The molecule has 0 radical (unpaired) electrons. The third-order valence-corrected chi connectivity index (χ3v) is 6.89. The minimum atomic E-state index is -0.331. The third kappa shape index (κ3) is 3.78. The highest BCUT2D eigenvalue weighted by molar-refractivity contribution is 5.94. The average Bonchev–Trinajstić information content (AvgIpc) is 3.09. The molecule has 4 rings (SSSR count). The molecular formula is C25H33N3O3. The van der Waals surface area contributed by atoms with Crippen molar-refractivity contribution in [3.8, 4) is 5.69 Å². The van der Waals surface area contributed by atoms with Gasteiger partial charge in [-0.05, 0) is 82.9 Å². The molecule has 166 valence electrons. The minimum Gasteiger partial charge on any atom is -0.369 e. The van der Waals surface area contributed by atoms with E-state index in [0.717, 1.165) is 24.1 Å². The fraction of sp³-hybridized carbons (Fsp3) is 0.520. The number of β-lactam (4-membered cyclic amide) rings is 1. The number of hydrogen-bond acceptors (Lipinski definition) is 3. The topological polar surface area (TPSA) is 54.8 Å². The van der Waals surface area contributed by atoms with Crippen molar-refractivity contribution in [3.05, 3.63) is 53.3 Å². The van der Waals surface area contributed by atoms with Crippen LogP contribution in [0.1, 0.15) is 48.4 Å². The summed E-state index contributed by atoms with van der Waals surface area (Å²) in [6.45, 7) is 9.70. The Balaban J connectivity index is 1.40. The van der Waals surface area contributed by atoms with Crippen molar-refractivity contribution in [2.45, 2.75) is 58.7 Å². The van der Waals surface area contributed by atoms with Gasteiger partial charge in [0.1, 0.15) is 0 Å². The molecule has 0 aliphatic carbocycles. The monoisotopic (exact) mass is 423 g/mol. The molecule has 0 spiro atoms. The van der Waals surface area contributed by atoms with Crippen molar-refractivity contribution in [2.24, 2.45) is 5.92 Å². The summed E-state index contributed by atoms with van der Waals surface area (Å²) in [6.07, 6.45) is 1.46.